The van der Waals surface area contributed by atoms with E-state index in [1.807, 2.05) is 131 Å². The zero-order valence-corrected chi connectivity index (χ0v) is 66.2. The van der Waals surface area contributed by atoms with Crippen molar-refractivity contribution in [1.29, 1.82) is 0 Å². The molecular weight excluding hydrogens is 1410 g/mol. The van der Waals surface area contributed by atoms with Crippen LogP contribution in [0.15, 0.2) is 192 Å². The van der Waals surface area contributed by atoms with Gasteiger partial charge in [-0.25, -0.2) is 0 Å². The molecule has 4 saturated heterocycles. The van der Waals surface area contributed by atoms with Crippen LogP contribution in [0.1, 0.15) is 106 Å². The van der Waals surface area contributed by atoms with Crippen molar-refractivity contribution in [2.75, 3.05) is 26.4 Å². The second-order valence-electron chi connectivity index (χ2n) is 30.2. The first-order chi connectivity index (χ1) is 51.3. The van der Waals surface area contributed by atoms with Crippen LogP contribution in [0.5, 0.6) is 0 Å². The van der Waals surface area contributed by atoms with Crippen molar-refractivity contribution in [2.45, 2.75) is 204 Å². The van der Waals surface area contributed by atoms with Crippen LogP contribution in [0, 0.1) is 23.7 Å². The Balaban J connectivity index is 1.07. The van der Waals surface area contributed by atoms with Crippen LogP contribution >= 0.6 is 8.46 Å². The third-order valence-corrected chi connectivity index (χ3v) is 32.8. The van der Waals surface area contributed by atoms with E-state index in [1.54, 1.807) is 37.3 Å². The average Bonchev–Trinajstić information content (AvgIpc) is 0.747. The Labute approximate surface area is 633 Å². The molecule has 6 aromatic carbocycles. The number of azide groups is 2. The zero-order valence-electron chi connectivity index (χ0n) is 63.2. The van der Waals surface area contributed by atoms with E-state index in [2.05, 4.69) is 110 Å². The van der Waals surface area contributed by atoms with E-state index >= 15 is 0 Å². The molecule has 4 aliphatic heterocycles. The molecule has 0 aromatic heterocycles. The molecule has 23 nitrogen and oxygen atoms in total. The molecular formula is C79H100B2N6O17PSi2. The van der Waals surface area contributed by atoms with Crippen molar-refractivity contribution < 1.29 is 80.0 Å². The fraction of sp³-hybridized carbons (Fsp3) is 0.506. The minimum absolute atomic E-state index is 0.0513. The third-order valence-electron chi connectivity index (χ3n) is 21.2. The van der Waals surface area contributed by atoms with Crippen LogP contribution in [0.25, 0.3) is 20.9 Å². The Hall–Kier alpha value is -7.26. The number of hydrogen-bond donors (Lipinski definition) is 0. The summed E-state index contributed by atoms with van der Waals surface area (Å²) >= 11 is 0. The molecule has 0 amide bonds. The van der Waals surface area contributed by atoms with Crippen molar-refractivity contribution >= 4 is 77.7 Å². The molecule has 10 rings (SSSR count). The second kappa shape index (κ2) is 37.4. The zero-order chi connectivity index (χ0) is 76.6. The summed E-state index contributed by atoms with van der Waals surface area (Å²) in [5, 5.41) is 11.9. The summed E-state index contributed by atoms with van der Waals surface area (Å²) in [5.41, 5.74) is 21.8. The number of esters is 3. The summed E-state index contributed by atoms with van der Waals surface area (Å²) in [5.74, 6) is -4.45. The summed E-state index contributed by atoms with van der Waals surface area (Å²) < 4.78 is 103. The first-order valence-electron chi connectivity index (χ1n) is 36.7. The molecule has 0 saturated carbocycles. The van der Waals surface area contributed by atoms with Gasteiger partial charge in [0.1, 0.15) is 24.9 Å². The van der Waals surface area contributed by atoms with Gasteiger partial charge in [-0.05, 0) is 51.5 Å². The van der Waals surface area contributed by atoms with E-state index < -0.39 is 161 Å². The van der Waals surface area contributed by atoms with E-state index in [4.69, 9.17) is 61.0 Å². The predicted octanol–water partition coefficient (Wildman–Crippen LogP) is 11.7. The van der Waals surface area contributed by atoms with Gasteiger partial charge < -0.3 is 28.1 Å². The fourth-order valence-corrected chi connectivity index (χ4v) is 26.0. The number of nitrogens with zero attached hydrogens (tertiary/aromatic N) is 6. The normalized spacial score (nSPS) is 29.1. The van der Waals surface area contributed by atoms with Gasteiger partial charge in [0.2, 0.25) is 0 Å². The Morgan fingerprint density at radius 1 is 0.477 bits per heavy atom. The number of rotatable bonds is 30. The van der Waals surface area contributed by atoms with Crippen LogP contribution in [-0.2, 0) is 81.9 Å². The quantitative estimate of drug-likeness (QED) is 0.00770. The molecule has 4 fully saturated rings. The number of carbonyl (C=O) groups excluding carboxylic acids is 3. The van der Waals surface area contributed by atoms with Crippen LogP contribution < -0.4 is 20.7 Å². The first kappa shape index (κ1) is 82.2. The molecule has 567 valence electrons. The molecule has 21 atom stereocenters. The van der Waals surface area contributed by atoms with Crippen molar-refractivity contribution in [3.8, 4) is 0 Å². The molecule has 0 spiro atoms. The molecule has 0 N–H and O–H groups in total. The first-order valence-corrected chi connectivity index (χ1v) is 41.7. The Morgan fingerprint density at radius 3 is 1.36 bits per heavy atom. The molecule has 4 aliphatic rings. The van der Waals surface area contributed by atoms with Crippen molar-refractivity contribution in [3.63, 3.8) is 0 Å². The number of carbonyl (C=O) groups is 3. The van der Waals surface area contributed by atoms with Gasteiger partial charge in [0, 0.05) is 17.8 Å². The van der Waals surface area contributed by atoms with Gasteiger partial charge in [-0.3, -0.25) is 4.79 Å². The molecule has 4 heterocycles. The van der Waals surface area contributed by atoms with Gasteiger partial charge >= 0.3 is 314 Å². The standard InChI is InChI=1S/C79H100B2N6O17PSi2/c1-49-53(5)97-64(46-93-55(7)89)72(70(49)94-44-56-32-20-14-21-33-56)104-75-66(84-86-82)51(3)68(65(99-75)48-96-107(79(11,12)13,60-40-28-18-29-41-60)61-42-30-19-31-43-61)103-77-71(101-74(90)57-34-22-15-23-35-57)52(4)69(63(100-77)45-92-54(6)88)102-76-67(85-87-83)73(105-81-80-91)50(2)62(98-76)47-95-106(78(8,9)10,58-36-24-16-25-37-58)59-38-26-17-27-39-59/h14-43,49-53,62-73,75-77,105H,44-48H2,1-13H3/t49?,50-,51-,52+,53?,62?,63?,64?,65?,66?,67?,68+,69+,70+,71?,72+,73+,75+,76+,77+/m1/s1. The molecule has 10 unspecified atom stereocenters. The maximum absolute atomic E-state index is 14.9. The predicted molar refractivity (Wildman–Crippen MR) is 413 cm³/mol. The van der Waals surface area contributed by atoms with E-state index in [9.17, 15) is 30.2 Å². The monoisotopic (exact) mass is 1510 g/mol. The summed E-state index contributed by atoms with van der Waals surface area (Å²) in [6.07, 6.45) is -14.2. The van der Waals surface area contributed by atoms with Gasteiger partial charge in [-0.15, -0.1) is 0 Å². The van der Waals surface area contributed by atoms with E-state index in [-0.39, 0.29) is 52.3 Å². The fourth-order valence-electron chi connectivity index (χ4n) is 15.6. The van der Waals surface area contributed by atoms with Gasteiger partial charge in [0.25, 0.3) is 8.32 Å². The third kappa shape index (κ3) is 19.1. The SMILES string of the molecule is CC(=O)OCC1O[C@@H](O[C@@H]2C(CO[Si](c3ccccc3)(c3ccccc3)C(C)(C)C)O[C@@H](O[C@H]3C(COC(C)=O)OC(C)C(C)[C@@H]3OCc3ccccc3)C(N=[N+]=[N-])[C@H]2C)C(OC(=O)c2ccccc2)[C@@H](C)[C@@H]1O[C@@H]1OC(CO[Si](c2ccccc2)(c2ccccc2)C(C)(C)C)[C@@H](C)[C@H](P[B]B=O)C1N=[N+]=[N-]. The molecule has 1 radical (unpaired) electrons. The topological polar surface area (TPSA) is 286 Å². The van der Waals surface area contributed by atoms with E-state index in [0.717, 1.165) is 33.4 Å². The maximum atomic E-state index is 14.9. The van der Waals surface area contributed by atoms with E-state index in [0.29, 0.717) is 0 Å². The van der Waals surface area contributed by atoms with Gasteiger partial charge in [0.05, 0.1) is 31.5 Å². The van der Waals surface area contributed by atoms with Crippen LogP contribution in [-0.4, -0.2) is 173 Å². The Bertz CT molecular complexity index is 3880. The molecule has 0 aliphatic carbocycles. The minimum atomic E-state index is -3.45. The number of ether oxygens (including phenoxy) is 11. The van der Waals surface area contributed by atoms with Gasteiger partial charge in [-0.1, -0.05) is 149 Å². The number of hydrogen-bond acceptors (Lipinski definition) is 19. The molecule has 107 heavy (non-hydrogen) atoms. The van der Waals surface area contributed by atoms with Crippen LogP contribution in [0.2, 0.25) is 10.1 Å². The van der Waals surface area contributed by atoms with Crippen molar-refractivity contribution in [1.82, 2.24) is 0 Å². The second-order valence-corrected chi connectivity index (χ2v) is 40.1. The molecule has 28 heteroatoms. The summed E-state index contributed by atoms with van der Waals surface area (Å²) in [4.78, 5) is 47.5. The molecule has 0 bridgehead atoms. The van der Waals surface area contributed by atoms with Gasteiger partial charge in [0.15, 0.2) is 6.29 Å². The number of benzene rings is 6. The summed E-state index contributed by atoms with van der Waals surface area (Å²) in [7, 11) is -6.11. The van der Waals surface area contributed by atoms with Crippen molar-refractivity contribution in [2.24, 2.45) is 33.9 Å². The Kier molecular flexibility index (Phi) is 28.8. The Morgan fingerprint density at radius 2 is 0.879 bits per heavy atom. The van der Waals surface area contributed by atoms with Crippen LogP contribution in [0.3, 0.4) is 0 Å². The molecule has 6 aromatic rings. The summed E-state index contributed by atoms with van der Waals surface area (Å²) in [6, 6.07) is 56.4. The van der Waals surface area contributed by atoms with Gasteiger partial charge in [-0.2, -0.15) is 0 Å². The van der Waals surface area contributed by atoms with Crippen molar-refractivity contribution in [3.05, 3.63) is 214 Å². The average molecular weight is 1510 g/mol. The van der Waals surface area contributed by atoms with E-state index in [1.165, 1.54) is 20.7 Å². The van der Waals surface area contributed by atoms with Crippen LogP contribution in [0.4, 0.5) is 0 Å². The summed E-state index contributed by atoms with van der Waals surface area (Å²) in [6.45, 7) is 26.0.